The number of amides is 3. The van der Waals surface area contributed by atoms with Crippen molar-refractivity contribution in [2.45, 2.75) is 26.4 Å². The van der Waals surface area contributed by atoms with Gasteiger partial charge in [0.05, 0.1) is 0 Å². The molecule has 0 aliphatic carbocycles. The molecule has 0 saturated carbocycles. The van der Waals surface area contributed by atoms with E-state index in [0.29, 0.717) is 17.3 Å². The van der Waals surface area contributed by atoms with Gasteiger partial charge in [-0.15, -0.1) is 0 Å². The van der Waals surface area contributed by atoms with Crippen LogP contribution in [0.4, 0.5) is 10.5 Å². The van der Waals surface area contributed by atoms with E-state index in [1.54, 1.807) is 36.2 Å². The SMILES string of the molecule is CC(C)C(NC(=O)Nc1ccccc1)C(=O)N(C)Cc1ccc(Cl)cc1. The highest BCUT2D eigenvalue weighted by molar-refractivity contribution is 6.30. The fourth-order valence-electron chi connectivity index (χ4n) is 2.52. The molecular weight excluding hydrogens is 350 g/mol. The van der Waals surface area contributed by atoms with Crippen molar-refractivity contribution in [3.8, 4) is 0 Å². The molecule has 0 spiro atoms. The minimum Gasteiger partial charge on any atom is -0.340 e. The maximum Gasteiger partial charge on any atom is 0.319 e. The fraction of sp³-hybridized carbons (Fsp3) is 0.300. The Labute approximate surface area is 159 Å². The number of carbonyl (C=O) groups is 2. The molecular formula is C20H24ClN3O2. The first kappa shape index (κ1) is 19.8. The Morgan fingerprint density at radius 3 is 2.23 bits per heavy atom. The second-order valence-corrected chi connectivity index (χ2v) is 6.94. The molecule has 2 rings (SSSR count). The molecule has 0 aliphatic rings. The number of nitrogens with zero attached hydrogens (tertiary/aromatic N) is 1. The number of carbonyl (C=O) groups excluding carboxylic acids is 2. The Morgan fingerprint density at radius 1 is 1.04 bits per heavy atom. The number of anilines is 1. The number of urea groups is 1. The van der Waals surface area contributed by atoms with Crippen molar-refractivity contribution in [3.63, 3.8) is 0 Å². The number of nitrogens with one attached hydrogen (secondary N) is 2. The van der Waals surface area contributed by atoms with E-state index in [0.717, 1.165) is 5.56 Å². The monoisotopic (exact) mass is 373 g/mol. The van der Waals surface area contributed by atoms with Crippen molar-refractivity contribution in [3.05, 3.63) is 65.2 Å². The number of rotatable bonds is 6. The van der Waals surface area contributed by atoms with Crippen molar-refractivity contribution < 1.29 is 9.59 Å². The minimum absolute atomic E-state index is 0.0447. The lowest BCUT2D eigenvalue weighted by atomic mass is 10.0. The van der Waals surface area contributed by atoms with Crippen LogP contribution in [0.5, 0.6) is 0 Å². The van der Waals surface area contributed by atoms with Crippen LogP contribution in [-0.4, -0.2) is 29.9 Å². The molecule has 26 heavy (non-hydrogen) atoms. The Hall–Kier alpha value is -2.53. The zero-order valence-corrected chi connectivity index (χ0v) is 16.0. The summed E-state index contributed by atoms with van der Waals surface area (Å²) in [4.78, 5) is 26.7. The van der Waals surface area contributed by atoms with Gasteiger partial charge in [0, 0.05) is 24.3 Å². The van der Waals surface area contributed by atoms with Gasteiger partial charge in [-0.2, -0.15) is 0 Å². The van der Waals surface area contributed by atoms with Gasteiger partial charge in [-0.1, -0.05) is 55.8 Å². The fourth-order valence-corrected chi connectivity index (χ4v) is 2.65. The lowest BCUT2D eigenvalue weighted by Gasteiger charge is -2.27. The molecule has 0 aliphatic heterocycles. The van der Waals surface area contributed by atoms with Gasteiger partial charge < -0.3 is 15.5 Å². The average molecular weight is 374 g/mol. The van der Waals surface area contributed by atoms with E-state index in [1.807, 2.05) is 44.2 Å². The predicted molar refractivity (Wildman–Crippen MR) is 105 cm³/mol. The highest BCUT2D eigenvalue weighted by atomic mass is 35.5. The Balaban J connectivity index is 1.99. The number of benzene rings is 2. The summed E-state index contributed by atoms with van der Waals surface area (Å²) in [5.74, 6) is -0.185. The van der Waals surface area contributed by atoms with Gasteiger partial charge in [-0.05, 0) is 35.7 Å². The molecule has 1 unspecified atom stereocenters. The standard InChI is InChI=1S/C20H24ClN3O2/c1-14(2)18(23-20(26)22-17-7-5-4-6-8-17)19(25)24(3)13-15-9-11-16(21)12-10-15/h4-12,14,18H,13H2,1-3H3,(H2,22,23,26). The second kappa shape index (κ2) is 9.25. The van der Waals surface area contributed by atoms with E-state index in [1.165, 1.54) is 0 Å². The zero-order chi connectivity index (χ0) is 19.1. The van der Waals surface area contributed by atoms with Gasteiger partial charge in [-0.25, -0.2) is 4.79 Å². The summed E-state index contributed by atoms with van der Waals surface area (Å²) in [6.07, 6.45) is 0. The van der Waals surface area contributed by atoms with E-state index in [9.17, 15) is 9.59 Å². The summed E-state index contributed by atoms with van der Waals surface area (Å²) in [6, 6.07) is 15.5. The molecule has 5 nitrogen and oxygen atoms in total. The van der Waals surface area contributed by atoms with Crippen LogP contribution >= 0.6 is 11.6 Å². The third-order valence-electron chi connectivity index (χ3n) is 3.96. The Bertz CT molecular complexity index is 732. The molecule has 0 radical (unpaired) electrons. The van der Waals surface area contributed by atoms with Crippen LogP contribution in [0.25, 0.3) is 0 Å². The average Bonchev–Trinajstić information content (AvgIpc) is 2.61. The topological polar surface area (TPSA) is 61.4 Å². The van der Waals surface area contributed by atoms with Gasteiger partial charge >= 0.3 is 6.03 Å². The van der Waals surface area contributed by atoms with E-state index in [-0.39, 0.29) is 11.8 Å². The molecule has 0 saturated heterocycles. The van der Waals surface area contributed by atoms with Crippen LogP contribution in [0.2, 0.25) is 5.02 Å². The summed E-state index contributed by atoms with van der Waals surface area (Å²) in [6.45, 7) is 4.25. The quantitative estimate of drug-likeness (QED) is 0.799. The van der Waals surface area contributed by atoms with Crippen LogP contribution in [0.15, 0.2) is 54.6 Å². The van der Waals surface area contributed by atoms with Crippen molar-refractivity contribution in [1.29, 1.82) is 0 Å². The number of para-hydroxylation sites is 1. The highest BCUT2D eigenvalue weighted by Crippen LogP contribution is 2.13. The van der Waals surface area contributed by atoms with Crippen LogP contribution in [0.1, 0.15) is 19.4 Å². The first-order valence-electron chi connectivity index (χ1n) is 8.49. The van der Waals surface area contributed by atoms with Crippen molar-refractivity contribution in [2.24, 2.45) is 5.92 Å². The number of hydrogen-bond acceptors (Lipinski definition) is 2. The van der Waals surface area contributed by atoms with Crippen LogP contribution < -0.4 is 10.6 Å². The van der Waals surface area contributed by atoms with Gasteiger partial charge in [0.2, 0.25) is 5.91 Å². The van der Waals surface area contributed by atoms with Gasteiger partial charge in [0.15, 0.2) is 0 Å². The summed E-state index contributed by atoms with van der Waals surface area (Å²) >= 11 is 5.89. The van der Waals surface area contributed by atoms with Crippen LogP contribution in [-0.2, 0) is 11.3 Å². The third kappa shape index (κ3) is 5.77. The maximum atomic E-state index is 12.8. The van der Waals surface area contributed by atoms with Crippen molar-refractivity contribution in [1.82, 2.24) is 10.2 Å². The van der Waals surface area contributed by atoms with Gasteiger partial charge in [0.25, 0.3) is 0 Å². The molecule has 3 amide bonds. The zero-order valence-electron chi connectivity index (χ0n) is 15.2. The third-order valence-corrected chi connectivity index (χ3v) is 4.21. The first-order chi connectivity index (χ1) is 12.4. The minimum atomic E-state index is -0.615. The summed E-state index contributed by atoms with van der Waals surface area (Å²) < 4.78 is 0. The highest BCUT2D eigenvalue weighted by Gasteiger charge is 2.27. The molecule has 138 valence electrons. The summed E-state index contributed by atoms with van der Waals surface area (Å²) in [7, 11) is 1.73. The van der Waals surface area contributed by atoms with Crippen LogP contribution in [0.3, 0.4) is 0 Å². The molecule has 1 atom stereocenters. The Morgan fingerprint density at radius 2 is 1.65 bits per heavy atom. The van der Waals surface area contributed by atoms with Gasteiger partial charge in [-0.3, -0.25) is 4.79 Å². The molecule has 0 bridgehead atoms. The lowest BCUT2D eigenvalue weighted by Crippen LogP contribution is -2.51. The van der Waals surface area contributed by atoms with Crippen molar-refractivity contribution in [2.75, 3.05) is 12.4 Å². The summed E-state index contributed by atoms with van der Waals surface area (Å²) in [5.41, 5.74) is 1.65. The predicted octanol–water partition coefficient (Wildman–Crippen LogP) is 4.14. The normalized spacial score (nSPS) is 11.7. The number of likely N-dealkylation sites (N-methyl/N-ethyl adjacent to an activating group) is 1. The Kier molecular flexibility index (Phi) is 7.04. The second-order valence-electron chi connectivity index (χ2n) is 6.51. The molecule has 6 heteroatoms. The maximum absolute atomic E-state index is 12.8. The molecule has 2 N–H and O–H groups in total. The molecule has 2 aromatic carbocycles. The van der Waals surface area contributed by atoms with E-state index >= 15 is 0 Å². The molecule has 0 heterocycles. The van der Waals surface area contributed by atoms with Crippen LogP contribution in [0, 0.1) is 5.92 Å². The summed E-state index contributed by atoms with van der Waals surface area (Å²) in [5, 5.41) is 6.17. The van der Waals surface area contributed by atoms with E-state index in [2.05, 4.69) is 10.6 Å². The number of hydrogen-bond donors (Lipinski definition) is 2. The largest absolute Gasteiger partial charge is 0.340 e. The van der Waals surface area contributed by atoms with E-state index < -0.39 is 12.1 Å². The van der Waals surface area contributed by atoms with Crippen molar-refractivity contribution >= 4 is 29.2 Å². The smallest absolute Gasteiger partial charge is 0.319 e. The number of halogens is 1. The first-order valence-corrected chi connectivity index (χ1v) is 8.86. The molecule has 2 aromatic rings. The van der Waals surface area contributed by atoms with Gasteiger partial charge in [0.1, 0.15) is 6.04 Å². The molecule has 0 aromatic heterocycles. The molecule has 0 fully saturated rings. The van der Waals surface area contributed by atoms with E-state index in [4.69, 9.17) is 11.6 Å². The lowest BCUT2D eigenvalue weighted by molar-refractivity contribution is -0.133.